The van der Waals surface area contributed by atoms with Crippen LogP contribution in [0.2, 0.25) is 5.02 Å². The second-order valence-corrected chi connectivity index (χ2v) is 4.30. The Morgan fingerprint density at radius 2 is 2.00 bits per heavy atom. The van der Waals surface area contributed by atoms with Crippen molar-refractivity contribution in [3.05, 3.63) is 22.8 Å². The highest BCUT2D eigenvalue weighted by molar-refractivity contribution is 6.31. The molecule has 0 saturated heterocycles. The summed E-state index contributed by atoms with van der Waals surface area (Å²) < 4.78 is 10.9. The highest BCUT2D eigenvalue weighted by Crippen LogP contribution is 2.17. The first-order chi connectivity index (χ1) is 8.77. The first-order valence-corrected chi connectivity index (χ1v) is 6.64. The Hall–Kier alpha value is -0.840. The Bertz CT molecular complexity index is 348. The molecule has 0 amide bonds. The summed E-state index contributed by atoms with van der Waals surface area (Å²) in [7, 11) is 1.82. The molecule has 0 bridgehead atoms. The second kappa shape index (κ2) is 9.14. The predicted molar refractivity (Wildman–Crippen MR) is 74.2 cm³/mol. The van der Waals surface area contributed by atoms with E-state index in [1.165, 1.54) is 0 Å². The Morgan fingerprint density at radius 3 is 2.72 bits per heavy atom. The highest BCUT2D eigenvalue weighted by Gasteiger charge is 2.03. The average molecular weight is 273 g/mol. The van der Waals surface area contributed by atoms with Crippen LogP contribution in [0, 0.1) is 0 Å². The smallest absolute Gasteiger partial charge is 0.126 e. The fourth-order valence-corrected chi connectivity index (χ4v) is 1.52. The molecule has 4 nitrogen and oxygen atoms in total. The first-order valence-electron chi connectivity index (χ1n) is 6.26. The fraction of sp³-hybridized carbons (Fsp3) is 0.615. The molecule has 0 aliphatic carbocycles. The number of ether oxygens (including phenoxy) is 2. The van der Waals surface area contributed by atoms with Gasteiger partial charge in [0.25, 0.3) is 0 Å². The van der Waals surface area contributed by atoms with E-state index in [-0.39, 0.29) is 0 Å². The molecule has 1 aromatic rings. The van der Waals surface area contributed by atoms with Crippen LogP contribution in [-0.2, 0) is 16.1 Å². The zero-order valence-corrected chi connectivity index (χ0v) is 11.8. The molecule has 0 atom stereocenters. The summed E-state index contributed by atoms with van der Waals surface area (Å²) in [6.45, 7) is 4.52. The van der Waals surface area contributed by atoms with Crippen molar-refractivity contribution < 1.29 is 9.47 Å². The van der Waals surface area contributed by atoms with Crippen molar-refractivity contribution in [1.82, 2.24) is 4.98 Å². The van der Waals surface area contributed by atoms with E-state index < -0.39 is 0 Å². The van der Waals surface area contributed by atoms with E-state index in [1.54, 1.807) is 0 Å². The van der Waals surface area contributed by atoms with E-state index in [0.29, 0.717) is 24.8 Å². The quantitative estimate of drug-likeness (QED) is 0.702. The van der Waals surface area contributed by atoms with Gasteiger partial charge in [0, 0.05) is 13.7 Å². The predicted octanol–water partition coefficient (Wildman–Crippen LogP) is 3.11. The number of halogens is 1. The van der Waals surface area contributed by atoms with Crippen molar-refractivity contribution in [2.45, 2.75) is 26.4 Å². The van der Waals surface area contributed by atoms with Crippen molar-refractivity contribution in [2.75, 3.05) is 32.2 Å². The van der Waals surface area contributed by atoms with Crippen molar-refractivity contribution in [3.8, 4) is 0 Å². The SMILES string of the molecule is CCCCOCCOCc1nc(NC)ccc1Cl. The number of anilines is 1. The number of nitrogens with one attached hydrogen (secondary N) is 1. The third kappa shape index (κ3) is 5.67. The van der Waals surface area contributed by atoms with E-state index in [9.17, 15) is 0 Å². The lowest BCUT2D eigenvalue weighted by atomic mass is 10.3. The third-order valence-electron chi connectivity index (χ3n) is 2.43. The van der Waals surface area contributed by atoms with Gasteiger partial charge in [-0.2, -0.15) is 0 Å². The van der Waals surface area contributed by atoms with E-state index >= 15 is 0 Å². The highest BCUT2D eigenvalue weighted by atomic mass is 35.5. The number of nitrogens with zero attached hydrogens (tertiary/aromatic N) is 1. The number of pyridine rings is 1. The van der Waals surface area contributed by atoms with Gasteiger partial charge in [-0.15, -0.1) is 0 Å². The minimum absolute atomic E-state index is 0.408. The van der Waals surface area contributed by atoms with E-state index in [1.807, 2.05) is 19.2 Å². The zero-order chi connectivity index (χ0) is 13.2. The van der Waals surface area contributed by atoms with Crippen LogP contribution in [0.3, 0.4) is 0 Å². The molecule has 0 spiro atoms. The topological polar surface area (TPSA) is 43.4 Å². The molecule has 1 heterocycles. The number of unbranched alkanes of at least 4 members (excludes halogenated alkanes) is 1. The van der Waals surface area contributed by atoms with Gasteiger partial charge in [0.1, 0.15) is 5.82 Å². The molecule has 18 heavy (non-hydrogen) atoms. The van der Waals surface area contributed by atoms with Gasteiger partial charge < -0.3 is 14.8 Å². The molecule has 0 radical (unpaired) electrons. The maximum Gasteiger partial charge on any atom is 0.126 e. The van der Waals surface area contributed by atoms with Crippen LogP contribution in [0.4, 0.5) is 5.82 Å². The molecule has 0 saturated carbocycles. The summed E-state index contributed by atoms with van der Waals surface area (Å²) in [6, 6.07) is 3.65. The maximum absolute atomic E-state index is 6.03. The van der Waals surface area contributed by atoms with Gasteiger partial charge in [-0.3, -0.25) is 0 Å². The minimum Gasteiger partial charge on any atom is -0.379 e. The summed E-state index contributed by atoms with van der Waals surface area (Å²) in [5, 5.41) is 3.60. The van der Waals surface area contributed by atoms with Gasteiger partial charge in [-0.1, -0.05) is 24.9 Å². The molecule has 0 aliphatic heterocycles. The molecule has 0 aromatic carbocycles. The van der Waals surface area contributed by atoms with Crippen molar-refractivity contribution in [3.63, 3.8) is 0 Å². The largest absolute Gasteiger partial charge is 0.379 e. The molecule has 0 unspecified atom stereocenters. The average Bonchev–Trinajstić information content (AvgIpc) is 2.39. The zero-order valence-electron chi connectivity index (χ0n) is 11.0. The van der Waals surface area contributed by atoms with E-state index in [2.05, 4.69) is 17.2 Å². The fourth-order valence-electron chi connectivity index (χ4n) is 1.36. The van der Waals surface area contributed by atoms with Crippen LogP contribution in [0.15, 0.2) is 12.1 Å². The van der Waals surface area contributed by atoms with Gasteiger partial charge in [-0.25, -0.2) is 4.98 Å². The number of rotatable bonds is 9. The van der Waals surface area contributed by atoms with Gasteiger partial charge in [0.05, 0.1) is 30.5 Å². The molecule has 5 heteroatoms. The summed E-state index contributed by atoms with van der Waals surface area (Å²) >= 11 is 6.03. The van der Waals surface area contributed by atoms with Crippen LogP contribution in [0.25, 0.3) is 0 Å². The normalized spacial score (nSPS) is 10.6. The summed E-state index contributed by atoms with van der Waals surface area (Å²) in [5.41, 5.74) is 0.747. The molecule has 1 N–H and O–H groups in total. The van der Waals surface area contributed by atoms with Crippen LogP contribution in [0.1, 0.15) is 25.5 Å². The number of hydrogen-bond acceptors (Lipinski definition) is 4. The number of hydrogen-bond donors (Lipinski definition) is 1. The maximum atomic E-state index is 6.03. The Labute approximate surface area is 114 Å². The van der Waals surface area contributed by atoms with Crippen LogP contribution in [0.5, 0.6) is 0 Å². The van der Waals surface area contributed by atoms with Gasteiger partial charge in [-0.05, 0) is 18.6 Å². The van der Waals surface area contributed by atoms with Crippen LogP contribution < -0.4 is 5.32 Å². The molecule has 1 rings (SSSR count). The van der Waals surface area contributed by atoms with Crippen molar-refractivity contribution in [2.24, 2.45) is 0 Å². The molecular formula is C13H21ClN2O2. The van der Waals surface area contributed by atoms with Crippen LogP contribution in [-0.4, -0.2) is 31.9 Å². The lowest BCUT2D eigenvalue weighted by molar-refractivity contribution is 0.0386. The van der Waals surface area contributed by atoms with Crippen molar-refractivity contribution >= 4 is 17.4 Å². The van der Waals surface area contributed by atoms with Gasteiger partial charge in [0.2, 0.25) is 0 Å². The van der Waals surface area contributed by atoms with Gasteiger partial charge >= 0.3 is 0 Å². The minimum atomic E-state index is 0.408. The van der Waals surface area contributed by atoms with E-state index in [0.717, 1.165) is 31.0 Å². The van der Waals surface area contributed by atoms with Crippen molar-refractivity contribution in [1.29, 1.82) is 0 Å². The second-order valence-electron chi connectivity index (χ2n) is 3.89. The molecule has 0 aliphatic rings. The Balaban J connectivity index is 2.22. The Morgan fingerprint density at radius 1 is 1.22 bits per heavy atom. The standard InChI is InChI=1S/C13H21ClN2O2/c1-3-4-7-17-8-9-18-10-12-11(14)5-6-13(15-2)16-12/h5-6H,3-4,7-10H2,1-2H3,(H,15,16). The molecule has 0 fully saturated rings. The summed E-state index contributed by atoms with van der Waals surface area (Å²) in [5.74, 6) is 0.789. The Kier molecular flexibility index (Phi) is 7.73. The summed E-state index contributed by atoms with van der Waals surface area (Å²) in [4.78, 5) is 4.33. The lowest BCUT2D eigenvalue weighted by Crippen LogP contribution is -2.06. The van der Waals surface area contributed by atoms with Gasteiger partial charge in [0.15, 0.2) is 0 Å². The lowest BCUT2D eigenvalue weighted by Gasteiger charge is -2.08. The molecular weight excluding hydrogens is 252 g/mol. The van der Waals surface area contributed by atoms with E-state index in [4.69, 9.17) is 21.1 Å². The summed E-state index contributed by atoms with van der Waals surface area (Å²) in [6.07, 6.45) is 2.24. The third-order valence-corrected chi connectivity index (χ3v) is 2.77. The monoisotopic (exact) mass is 272 g/mol. The molecule has 1 aromatic heterocycles. The first kappa shape index (κ1) is 15.2. The number of aromatic nitrogens is 1. The molecule has 102 valence electrons. The van der Waals surface area contributed by atoms with Crippen LogP contribution >= 0.6 is 11.6 Å².